The van der Waals surface area contributed by atoms with E-state index in [-0.39, 0.29) is 24.5 Å². The van der Waals surface area contributed by atoms with Crippen LogP contribution in [0.5, 0.6) is 0 Å². The lowest BCUT2D eigenvalue weighted by Gasteiger charge is -2.19. The molecule has 0 aliphatic carbocycles. The lowest BCUT2D eigenvalue weighted by atomic mass is 10.1. The quantitative estimate of drug-likeness (QED) is 0.690. The highest BCUT2D eigenvalue weighted by atomic mass is 16.3. The minimum absolute atomic E-state index is 0.0849. The summed E-state index contributed by atoms with van der Waals surface area (Å²) in [5.41, 5.74) is 6.28. The van der Waals surface area contributed by atoms with Crippen LogP contribution >= 0.6 is 0 Å². The Labute approximate surface area is 94.7 Å². The summed E-state index contributed by atoms with van der Waals surface area (Å²) in [5, 5.41) is 11.8. The van der Waals surface area contributed by atoms with Crippen LogP contribution in [-0.2, 0) is 0 Å². The number of anilines is 1. The topological polar surface area (TPSA) is 88.2 Å². The van der Waals surface area contributed by atoms with Crippen molar-refractivity contribution < 1.29 is 9.90 Å². The molecule has 88 valence electrons. The molecule has 4 N–H and O–H groups in total. The number of hydrogen-bond acceptors (Lipinski definition) is 4. The molecular formula is C11H17N3O2. The van der Waals surface area contributed by atoms with E-state index in [9.17, 15) is 4.79 Å². The highest BCUT2D eigenvalue weighted by molar-refractivity contribution is 5.92. The Morgan fingerprint density at radius 1 is 1.56 bits per heavy atom. The molecule has 1 heterocycles. The number of nitrogens with two attached hydrogens (primary N) is 1. The molecule has 0 spiro atoms. The summed E-state index contributed by atoms with van der Waals surface area (Å²) in [6.07, 6.45) is 1.43. The number of carbonyl (C=O) groups is 1. The summed E-state index contributed by atoms with van der Waals surface area (Å²) in [7, 11) is 0. The second-order valence-electron chi connectivity index (χ2n) is 3.98. The third kappa shape index (κ3) is 3.20. The van der Waals surface area contributed by atoms with Gasteiger partial charge in [0.15, 0.2) is 0 Å². The largest absolute Gasteiger partial charge is 0.397 e. The maximum absolute atomic E-state index is 11.7. The fourth-order valence-corrected chi connectivity index (χ4v) is 1.21. The molecule has 1 unspecified atom stereocenters. The van der Waals surface area contributed by atoms with Gasteiger partial charge in [0.05, 0.1) is 24.5 Å². The molecule has 5 nitrogen and oxygen atoms in total. The first kappa shape index (κ1) is 12.4. The molecule has 0 aromatic carbocycles. The average Bonchev–Trinajstić information content (AvgIpc) is 2.26. The van der Waals surface area contributed by atoms with E-state index in [2.05, 4.69) is 10.3 Å². The predicted molar refractivity (Wildman–Crippen MR) is 61.8 cm³/mol. The van der Waals surface area contributed by atoms with E-state index >= 15 is 0 Å². The fraction of sp³-hybridized carbons (Fsp3) is 0.455. The summed E-state index contributed by atoms with van der Waals surface area (Å²) in [6, 6.07) is 2.91. The van der Waals surface area contributed by atoms with Crippen LogP contribution in [0.4, 0.5) is 5.69 Å². The molecule has 0 fully saturated rings. The molecule has 1 rings (SSSR count). The van der Waals surface area contributed by atoms with Gasteiger partial charge in [0, 0.05) is 0 Å². The van der Waals surface area contributed by atoms with Crippen molar-refractivity contribution >= 4 is 11.6 Å². The number of aliphatic hydroxyl groups is 1. The van der Waals surface area contributed by atoms with E-state index in [0.29, 0.717) is 11.4 Å². The molecule has 1 atom stereocenters. The Morgan fingerprint density at radius 2 is 2.25 bits per heavy atom. The van der Waals surface area contributed by atoms with E-state index in [4.69, 9.17) is 10.8 Å². The Morgan fingerprint density at radius 3 is 2.69 bits per heavy atom. The SMILES string of the molecule is CC(C)C(CO)NC(=O)c1ccc(N)cn1. The second kappa shape index (κ2) is 5.46. The predicted octanol–water partition coefficient (Wildman–Crippen LogP) is 0.411. The first-order valence-corrected chi connectivity index (χ1v) is 5.18. The van der Waals surface area contributed by atoms with Gasteiger partial charge in [-0.3, -0.25) is 4.79 Å². The maximum atomic E-state index is 11.7. The van der Waals surface area contributed by atoms with Gasteiger partial charge in [0.2, 0.25) is 0 Å². The van der Waals surface area contributed by atoms with Crippen LogP contribution in [0.1, 0.15) is 24.3 Å². The molecule has 0 saturated carbocycles. The van der Waals surface area contributed by atoms with Gasteiger partial charge in [-0.15, -0.1) is 0 Å². The van der Waals surface area contributed by atoms with E-state index in [1.54, 1.807) is 12.1 Å². The number of nitrogens with one attached hydrogen (secondary N) is 1. The molecule has 0 bridgehead atoms. The van der Waals surface area contributed by atoms with E-state index in [0.717, 1.165) is 0 Å². The highest BCUT2D eigenvalue weighted by Crippen LogP contribution is 2.04. The number of rotatable bonds is 4. The van der Waals surface area contributed by atoms with Gasteiger partial charge in [-0.1, -0.05) is 13.8 Å². The van der Waals surface area contributed by atoms with E-state index in [1.165, 1.54) is 6.20 Å². The van der Waals surface area contributed by atoms with Crippen molar-refractivity contribution in [3.8, 4) is 0 Å². The average molecular weight is 223 g/mol. The van der Waals surface area contributed by atoms with Crippen molar-refractivity contribution in [3.63, 3.8) is 0 Å². The van der Waals surface area contributed by atoms with Crippen LogP contribution in [0.2, 0.25) is 0 Å². The Balaban J connectivity index is 2.68. The van der Waals surface area contributed by atoms with Gasteiger partial charge in [0.25, 0.3) is 5.91 Å². The number of nitrogens with zero attached hydrogens (tertiary/aromatic N) is 1. The van der Waals surface area contributed by atoms with Gasteiger partial charge >= 0.3 is 0 Å². The van der Waals surface area contributed by atoms with Crippen molar-refractivity contribution in [1.82, 2.24) is 10.3 Å². The third-order valence-electron chi connectivity index (χ3n) is 2.34. The Hall–Kier alpha value is -1.62. The van der Waals surface area contributed by atoms with Crippen LogP contribution < -0.4 is 11.1 Å². The number of aromatic nitrogens is 1. The number of hydrogen-bond donors (Lipinski definition) is 3. The minimum Gasteiger partial charge on any atom is -0.397 e. The summed E-state index contributed by atoms with van der Waals surface area (Å²) in [4.78, 5) is 15.6. The number of carbonyl (C=O) groups excluding carboxylic acids is 1. The van der Waals surface area contributed by atoms with Crippen LogP contribution in [0.3, 0.4) is 0 Å². The Kier molecular flexibility index (Phi) is 4.25. The van der Waals surface area contributed by atoms with Crippen molar-refractivity contribution in [2.75, 3.05) is 12.3 Å². The van der Waals surface area contributed by atoms with Crippen molar-refractivity contribution in [2.24, 2.45) is 5.92 Å². The third-order valence-corrected chi connectivity index (χ3v) is 2.34. The molecule has 0 aliphatic heterocycles. The molecule has 0 aliphatic rings. The normalized spacial score (nSPS) is 12.5. The fourth-order valence-electron chi connectivity index (χ4n) is 1.21. The number of pyridine rings is 1. The molecule has 0 saturated heterocycles. The zero-order chi connectivity index (χ0) is 12.1. The monoisotopic (exact) mass is 223 g/mol. The smallest absolute Gasteiger partial charge is 0.270 e. The molecule has 1 aromatic heterocycles. The second-order valence-corrected chi connectivity index (χ2v) is 3.98. The molecular weight excluding hydrogens is 206 g/mol. The van der Waals surface area contributed by atoms with Crippen molar-refractivity contribution in [1.29, 1.82) is 0 Å². The van der Waals surface area contributed by atoms with Gasteiger partial charge in [-0.05, 0) is 18.1 Å². The van der Waals surface area contributed by atoms with Crippen LogP contribution in [0.15, 0.2) is 18.3 Å². The van der Waals surface area contributed by atoms with E-state index < -0.39 is 0 Å². The standard InChI is InChI=1S/C11H17N3O2/c1-7(2)10(6-15)14-11(16)9-4-3-8(12)5-13-9/h3-5,7,10,15H,6,12H2,1-2H3,(H,14,16). The summed E-state index contributed by atoms with van der Waals surface area (Å²) >= 11 is 0. The first-order valence-electron chi connectivity index (χ1n) is 5.18. The zero-order valence-corrected chi connectivity index (χ0v) is 9.47. The van der Waals surface area contributed by atoms with Crippen LogP contribution in [0.25, 0.3) is 0 Å². The summed E-state index contributed by atoms with van der Waals surface area (Å²) in [6.45, 7) is 3.77. The van der Waals surface area contributed by atoms with Crippen LogP contribution in [-0.4, -0.2) is 28.6 Å². The van der Waals surface area contributed by atoms with E-state index in [1.807, 2.05) is 13.8 Å². The molecule has 0 radical (unpaired) electrons. The highest BCUT2D eigenvalue weighted by Gasteiger charge is 2.16. The molecule has 16 heavy (non-hydrogen) atoms. The first-order chi connectivity index (χ1) is 7.54. The molecule has 5 heteroatoms. The molecule has 1 amide bonds. The Bertz CT molecular complexity index is 349. The lowest BCUT2D eigenvalue weighted by molar-refractivity contribution is 0.0892. The maximum Gasteiger partial charge on any atom is 0.270 e. The number of nitrogen functional groups attached to an aromatic ring is 1. The number of amides is 1. The van der Waals surface area contributed by atoms with Gasteiger partial charge in [-0.2, -0.15) is 0 Å². The van der Waals surface area contributed by atoms with Gasteiger partial charge in [0.1, 0.15) is 5.69 Å². The van der Waals surface area contributed by atoms with Gasteiger partial charge in [-0.25, -0.2) is 4.98 Å². The zero-order valence-electron chi connectivity index (χ0n) is 9.47. The minimum atomic E-state index is -0.298. The summed E-state index contributed by atoms with van der Waals surface area (Å²) < 4.78 is 0. The van der Waals surface area contributed by atoms with Crippen molar-refractivity contribution in [3.05, 3.63) is 24.0 Å². The van der Waals surface area contributed by atoms with Crippen LogP contribution in [0, 0.1) is 5.92 Å². The molecule has 1 aromatic rings. The number of aliphatic hydroxyl groups excluding tert-OH is 1. The lowest BCUT2D eigenvalue weighted by Crippen LogP contribution is -2.41. The summed E-state index contributed by atoms with van der Waals surface area (Å²) in [5.74, 6) is -0.129. The van der Waals surface area contributed by atoms with Crippen molar-refractivity contribution in [2.45, 2.75) is 19.9 Å². The van der Waals surface area contributed by atoms with Gasteiger partial charge < -0.3 is 16.2 Å².